The molecule has 117 heavy (non-hydrogen) atoms. The van der Waals surface area contributed by atoms with Crippen molar-refractivity contribution in [2.45, 2.75) is 437 Å². The molecule has 0 aromatic carbocycles. The van der Waals surface area contributed by atoms with E-state index in [-0.39, 0.29) is 105 Å². The van der Waals surface area contributed by atoms with Crippen LogP contribution >= 0.6 is 0 Å². The maximum Gasteiger partial charge on any atom is 0.328 e. The SMILES string of the molecule is CCCC(NC(=O)CCCCCCCCC(C)=O)C(=O)OCCCCCCOC(=O)C(CCC)NC(=O)CCCCCCCCC(=O)NCCCCC(NC)C(O)O.CCCC(NC(=O)CCCCCCCCC(C)=O)C(=O)OCCCCCCOC(=O)C(CCC)NC(=O)CCCCCCCCC(=O)NCCCCC(NC)C(O)O.[Zn]. The quantitative estimate of drug-likeness (QED) is 0.00884. The Bertz CT molecular complexity index is 2390. The number of aliphatic hydroxyl groups excluding tert-OH is 2. The molecule has 0 radical (unpaired) electrons. The fourth-order valence-electron chi connectivity index (χ4n) is 13.2. The Morgan fingerprint density at radius 3 is 0.650 bits per heavy atom. The number of Topliss-reactive ketones (excluding diaryl/α,β-unsaturated/α-hetero) is 2. The van der Waals surface area contributed by atoms with Crippen LogP contribution in [-0.4, -0.2) is 194 Å². The molecule has 12 N–H and O–H groups in total. The van der Waals surface area contributed by atoms with Gasteiger partial charge in [0.2, 0.25) is 35.4 Å². The molecular weight excluding hydrogens is 1550 g/mol. The smallest absolute Gasteiger partial charge is 0.328 e. The van der Waals surface area contributed by atoms with Gasteiger partial charge in [0.15, 0.2) is 12.6 Å². The monoisotopic (exact) mass is 1720 g/mol. The van der Waals surface area contributed by atoms with E-state index in [0.717, 1.165) is 231 Å². The Hall–Kier alpha value is -5.58. The molecular formula is C88H164N8O20Zn. The van der Waals surface area contributed by atoms with E-state index in [1.165, 1.54) is 0 Å². The van der Waals surface area contributed by atoms with E-state index in [2.05, 4.69) is 42.5 Å². The summed E-state index contributed by atoms with van der Waals surface area (Å²) in [6.45, 7) is 13.3. The maximum absolute atomic E-state index is 12.7. The summed E-state index contributed by atoms with van der Waals surface area (Å²) in [7, 11) is 3.38. The second-order valence-electron chi connectivity index (χ2n) is 31.3. The topological polar surface area (TPSA) is 419 Å². The van der Waals surface area contributed by atoms with E-state index in [0.29, 0.717) is 129 Å². The van der Waals surface area contributed by atoms with Gasteiger partial charge in [-0.2, -0.15) is 0 Å². The Morgan fingerprint density at radius 2 is 0.453 bits per heavy atom. The van der Waals surface area contributed by atoms with Crippen molar-refractivity contribution in [3.05, 3.63) is 0 Å². The average Bonchev–Trinajstić information content (AvgIpc) is 0.933. The largest absolute Gasteiger partial charge is 0.464 e. The van der Waals surface area contributed by atoms with Crippen LogP contribution < -0.4 is 42.5 Å². The summed E-state index contributed by atoms with van der Waals surface area (Å²) in [6, 6.07) is -3.32. The van der Waals surface area contributed by atoms with Crippen molar-refractivity contribution >= 4 is 70.9 Å². The second-order valence-corrected chi connectivity index (χ2v) is 31.3. The zero-order chi connectivity index (χ0) is 86.5. The number of aliphatic hydroxyl groups is 4. The van der Waals surface area contributed by atoms with Gasteiger partial charge in [-0.25, -0.2) is 19.2 Å². The van der Waals surface area contributed by atoms with Gasteiger partial charge in [-0.05, 0) is 195 Å². The Balaban J connectivity index is -0.00000220. The number of amides is 6. The van der Waals surface area contributed by atoms with E-state index in [4.69, 9.17) is 18.9 Å². The first kappa shape index (κ1) is 116. The molecule has 0 rings (SSSR count). The van der Waals surface area contributed by atoms with Gasteiger partial charge in [-0.3, -0.25) is 28.8 Å². The maximum atomic E-state index is 12.7. The van der Waals surface area contributed by atoms with E-state index >= 15 is 0 Å². The molecule has 0 bridgehead atoms. The molecule has 0 aliphatic carbocycles. The summed E-state index contributed by atoms with van der Waals surface area (Å²) >= 11 is 0. The minimum Gasteiger partial charge on any atom is -0.464 e. The van der Waals surface area contributed by atoms with Crippen LogP contribution in [0.25, 0.3) is 0 Å². The molecule has 0 heterocycles. The van der Waals surface area contributed by atoms with Gasteiger partial charge in [-0.15, -0.1) is 0 Å². The van der Waals surface area contributed by atoms with Crippen molar-refractivity contribution in [3.63, 3.8) is 0 Å². The number of hydrogen-bond donors (Lipinski definition) is 12. The summed E-state index contributed by atoms with van der Waals surface area (Å²) in [4.78, 5) is 147. The number of carbonyl (C=O) groups excluding carboxylic acids is 12. The third-order valence-electron chi connectivity index (χ3n) is 20.3. The van der Waals surface area contributed by atoms with Gasteiger partial charge in [0.1, 0.15) is 35.7 Å². The Morgan fingerprint density at radius 1 is 0.256 bits per heavy atom. The molecule has 0 aliphatic rings. The van der Waals surface area contributed by atoms with Crippen LogP contribution in [-0.2, 0) is 96.0 Å². The molecule has 29 heteroatoms. The fourth-order valence-corrected chi connectivity index (χ4v) is 13.2. The van der Waals surface area contributed by atoms with Gasteiger partial charge >= 0.3 is 23.9 Å². The number of carbonyl (C=O) groups is 12. The molecule has 0 spiro atoms. The van der Waals surface area contributed by atoms with E-state index < -0.39 is 60.6 Å². The van der Waals surface area contributed by atoms with Gasteiger partial charge in [0.05, 0.1) is 38.5 Å². The first-order chi connectivity index (χ1) is 55.9. The van der Waals surface area contributed by atoms with E-state index in [9.17, 15) is 78.0 Å². The number of rotatable bonds is 80. The summed E-state index contributed by atoms with van der Waals surface area (Å²) in [5.41, 5.74) is 0. The number of ether oxygens (including phenoxy) is 4. The number of esters is 4. The second kappa shape index (κ2) is 82.7. The molecule has 0 aromatic rings. The molecule has 0 saturated heterocycles. The zero-order valence-electron chi connectivity index (χ0n) is 74.1. The van der Waals surface area contributed by atoms with Crippen molar-refractivity contribution in [2.75, 3.05) is 53.6 Å². The third-order valence-corrected chi connectivity index (χ3v) is 20.3. The van der Waals surface area contributed by atoms with Crippen LogP contribution in [0.4, 0.5) is 0 Å². The number of ketones is 2. The van der Waals surface area contributed by atoms with E-state index in [1.807, 2.05) is 27.7 Å². The first-order valence-electron chi connectivity index (χ1n) is 45.3. The van der Waals surface area contributed by atoms with Crippen molar-refractivity contribution in [1.29, 1.82) is 0 Å². The minimum absolute atomic E-state index is 0. The van der Waals surface area contributed by atoms with Crippen LogP contribution in [0.3, 0.4) is 0 Å². The predicted molar refractivity (Wildman–Crippen MR) is 453 cm³/mol. The molecule has 0 saturated carbocycles. The molecule has 6 amide bonds. The minimum atomic E-state index is -1.39. The fraction of sp³-hybridized carbons (Fsp3) is 0.864. The van der Waals surface area contributed by atoms with Crippen molar-refractivity contribution in [3.8, 4) is 0 Å². The molecule has 0 aliphatic heterocycles. The molecule has 0 fully saturated rings. The van der Waals surface area contributed by atoms with E-state index in [1.54, 1.807) is 27.9 Å². The molecule has 6 atom stereocenters. The van der Waals surface area contributed by atoms with Gasteiger partial charge in [-0.1, -0.05) is 156 Å². The Labute approximate surface area is 716 Å². The number of nitrogens with one attached hydrogen (secondary N) is 8. The standard InChI is InChI=1S/2C44H82N4O10.Zn/c2*1-5-25-37(47-40(51)30-19-13-8-7-11-17-27-35(3)49)43(55)57-33-23-15-16-24-34-58-44(56)38(26-6-2)48-41(52)31-20-14-10-9-12-18-29-39(50)46-32-22-21-28-36(45-4)42(53)54;/h2*36-38,42,45,53-54H,5-34H2,1-4H3,(H,46,50)(H,47,51)(H,48,52);. The summed E-state index contributed by atoms with van der Waals surface area (Å²) in [5.74, 6) is -1.68. The molecule has 6 unspecified atom stereocenters. The van der Waals surface area contributed by atoms with Gasteiger partial charge < -0.3 is 91.5 Å². The van der Waals surface area contributed by atoms with Crippen LogP contribution in [0, 0.1) is 0 Å². The summed E-state index contributed by atoms with van der Waals surface area (Å²) < 4.78 is 21.9. The molecule has 28 nitrogen and oxygen atoms in total. The normalized spacial score (nSPS) is 12.6. The number of unbranched alkanes of at least 4 members (excludes halogenated alkanes) is 28. The van der Waals surface area contributed by atoms with Gasteiger partial charge in [0, 0.05) is 83.9 Å². The van der Waals surface area contributed by atoms with Gasteiger partial charge in [0.25, 0.3) is 0 Å². The first-order valence-corrected chi connectivity index (χ1v) is 45.3. The summed E-state index contributed by atoms with van der Waals surface area (Å²) in [5, 5.41) is 59.9. The predicted octanol–water partition coefficient (Wildman–Crippen LogP) is 12.4. The van der Waals surface area contributed by atoms with Crippen molar-refractivity contribution < 1.29 is 116 Å². The van der Waals surface area contributed by atoms with Crippen molar-refractivity contribution in [1.82, 2.24) is 42.5 Å². The number of likely N-dealkylation sites (N-methyl/N-ethyl adjacent to an activating group) is 2. The number of hydrogen-bond acceptors (Lipinski definition) is 22. The summed E-state index contributed by atoms with van der Waals surface area (Å²) in [6.07, 6.45) is 38.5. The van der Waals surface area contributed by atoms with Crippen LogP contribution in [0.1, 0.15) is 388 Å². The molecule has 0 aromatic heterocycles. The van der Waals surface area contributed by atoms with Crippen molar-refractivity contribution in [2.24, 2.45) is 0 Å². The van der Waals surface area contributed by atoms with Crippen LogP contribution in [0.2, 0.25) is 0 Å². The Kier molecular flexibility index (Phi) is 81.7. The van der Waals surface area contributed by atoms with Crippen LogP contribution in [0.5, 0.6) is 0 Å². The third kappa shape index (κ3) is 74.0. The van der Waals surface area contributed by atoms with Crippen LogP contribution in [0.15, 0.2) is 0 Å². The average molecular weight is 1720 g/mol. The zero-order valence-corrected chi connectivity index (χ0v) is 77.0. The molecule has 678 valence electrons.